The highest BCUT2D eigenvalue weighted by atomic mass is 32.2. The lowest BCUT2D eigenvalue weighted by molar-refractivity contribution is -0.118. The maximum absolute atomic E-state index is 11.1. The van der Waals surface area contributed by atoms with Crippen molar-refractivity contribution in [3.63, 3.8) is 0 Å². The summed E-state index contributed by atoms with van der Waals surface area (Å²) in [4.78, 5) is 22.2. The number of carbonyl (C=O) groups excluding carboxylic acids is 2. The zero-order valence-electron chi connectivity index (χ0n) is 10.2. The molecule has 2 nitrogen and oxygen atoms in total. The predicted molar refractivity (Wildman–Crippen MR) is 74.8 cm³/mol. The Morgan fingerprint density at radius 2 is 1.35 bits per heavy atom. The SMILES string of the molecule is O=C1CCC(SCCCSC2CCC(=O)C2)C1. The number of ketones is 2. The Morgan fingerprint density at radius 3 is 1.71 bits per heavy atom. The summed E-state index contributed by atoms with van der Waals surface area (Å²) in [6.07, 6.45) is 6.60. The van der Waals surface area contributed by atoms with Crippen LogP contribution in [0.25, 0.3) is 0 Å². The summed E-state index contributed by atoms with van der Waals surface area (Å²) in [7, 11) is 0. The third-order valence-electron chi connectivity index (χ3n) is 3.40. The van der Waals surface area contributed by atoms with E-state index in [9.17, 15) is 9.59 Å². The Morgan fingerprint density at radius 1 is 0.882 bits per heavy atom. The molecule has 2 aliphatic rings. The molecule has 2 unspecified atom stereocenters. The van der Waals surface area contributed by atoms with Crippen molar-refractivity contribution in [2.45, 2.75) is 55.4 Å². The molecule has 0 N–H and O–H groups in total. The summed E-state index contributed by atoms with van der Waals surface area (Å²) in [6, 6.07) is 0. The summed E-state index contributed by atoms with van der Waals surface area (Å²) in [5.74, 6) is 3.24. The van der Waals surface area contributed by atoms with Gasteiger partial charge in [0.15, 0.2) is 0 Å². The van der Waals surface area contributed by atoms with Gasteiger partial charge in [0, 0.05) is 36.2 Å². The van der Waals surface area contributed by atoms with Gasteiger partial charge in [-0.3, -0.25) is 9.59 Å². The molecule has 2 atom stereocenters. The molecule has 96 valence electrons. The van der Waals surface area contributed by atoms with Crippen LogP contribution in [-0.2, 0) is 9.59 Å². The third-order valence-corrected chi connectivity index (χ3v) is 6.19. The normalized spacial score (nSPS) is 29.2. The minimum atomic E-state index is 0.446. The van der Waals surface area contributed by atoms with Gasteiger partial charge < -0.3 is 0 Å². The van der Waals surface area contributed by atoms with Crippen molar-refractivity contribution in [1.29, 1.82) is 0 Å². The van der Waals surface area contributed by atoms with E-state index < -0.39 is 0 Å². The van der Waals surface area contributed by atoms with Gasteiger partial charge in [-0.1, -0.05) is 0 Å². The molecule has 0 aromatic heterocycles. The van der Waals surface area contributed by atoms with Crippen LogP contribution in [0.4, 0.5) is 0 Å². The minimum absolute atomic E-state index is 0.446. The molecule has 0 heterocycles. The summed E-state index contributed by atoms with van der Waals surface area (Å²) in [5.41, 5.74) is 0. The van der Waals surface area contributed by atoms with Gasteiger partial charge in [-0.05, 0) is 30.8 Å². The summed E-state index contributed by atoms with van der Waals surface area (Å²) in [6.45, 7) is 0. The minimum Gasteiger partial charge on any atom is -0.300 e. The first-order valence-corrected chi connectivity index (χ1v) is 8.60. The molecule has 0 aromatic carbocycles. The van der Waals surface area contributed by atoms with Crippen molar-refractivity contribution in [3.05, 3.63) is 0 Å². The van der Waals surface area contributed by atoms with Gasteiger partial charge in [-0.2, -0.15) is 23.5 Å². The Bertz CT molecular complexity index is 263. The summed E-state index contributed by atoms with van der Waals surface area (Å²) >= 11 is 3.94. The molecular weight excluding hydrogens is 252 g/mol. The van der Waals surface area contributed by atoms with Crippen LogP contribution in [0, 0.1) is 0 Å². The Balaban J connectivity index is 1.46. The largest absolute Gasteiger partial charge is 0.300 e. The maximum Gasteiger partial charge on any atom is 0.134 e. The zero-order chi connectivity index (χ0) is 12.1. The van der Waals surface area contributed by atoms with Crippen molar-refractivity contribution in [2.24, 2.45) is 0 Å². The molecule has 0 bridgehead atoms. The van der Waals surface area contributed by atoms with Crippen molar-refractivity contribution in [3.8, 4) is 0 Å². The second-order valence-corrected chi connectivity index (χ2v) is 7.72. The van der Waals surface area contributed by atoms with Crippen LogP contribution in [0.2, 0.25) is 0 Å². The lowest BCUT2D eigenvalue weighted by Crippen LogP contribution is -2.01. The highest BCUT2D eigenvalue weighted by molar-refractivity contribution is 8.00. The van der Waals surface area contributed by atoms with Gasteiger partial charge in [-0.25, -0.2) is 0 Å². The van der Waals surface area contributed by atoms with Crippen molar-refractivity contribution < 1.29 is 9.59 Å². The van der Waals surface area contributed by atoms with E-state index in [1.165, 1.54) is 17.9 Å². The third kappa shape index (κ3) is 4.66. The molecule has 0 radical (unpaired) electrons. The quantitative estimate of drug-likeness (QED) is 0.696. The van der Waals surface area contributed by atoms with Gasteiger partial charge in [0.1, 0.15) is 11.6 Å². The van der Waals surface area contributed by atoms with Gasteiger partial charge in [0.05, 0.1) is 0 Å². The highest BCUT2D eigenvalue weighted by Crippen LogP contribution is 2.30. The monoisotopic (exact) mass is 272 g/mol. The second-order valence-electron chi connectivity index (χ2n) is 4.90. The molecule has 0 spiro atoms. The van der Waals surface area contributed by atoms with Crippen LogP contribution in [0.5, 0.6) is 0 Å². The van der Waals surface area contributed by atoms with E-state index in [0.717, 1.165) is 38.5 Å². The summed E-state index contributed by atoms with van der Waals surface area (Å²) in [5, 5.41) is 1.20. The first-order chi connectivity index (χ1) is 8.24. The van der Waals surface area contributed by atoms with Crippen molar-refractivity contribution in [2.75, 3.05) is 11.5 Å². The first kappa shape index (κ1) is 13.5. The molecule has 0 aliphatic heterocycles. The van der Waals surface area contributed by atoms with Crippen molar-refractivity contribution >= 4 is 35.1 Å². The average molecular weight is 272 g/mol. The van der Waals surface area contributed by atoms with Crippen LogP contribution in [-0.4, -0.2) is 33.6 Å². The van der Waals surface area contributed by atoms with Crippen LogP contribution >= 0.6 is 23.5 Å². The molecular formula is C13H20O2S2. The van der Waals surface area contributed by atoms with Crippen LogP contribution < -0.4 is 0 Å². The number of hydrogen-bond acceptors (Lipinski definition) is 4. The van der Waals surface area contributed by atoms with E-state index in [1.54, 1.807) is 0 Å². The van der Waals surface area contributed by atoms with Gasteiger partial charge in [0.25, 0.3) is 0 Å². The molecule has 0 aromatic rings. The fourth-order valence-electron chi connectivity index (χ4n) is 2.40. The van der Waals surface area contributed by atoms with E-state index in [1.807, 2.05) is 23.5 Å². The van der Waals surface area contributed by atoms with Gasteiger partial charge in [-0.15, -0.1) is 0 Å². The second kappa shape index (κ2) is 6.83. The molecule has 2 saturated carbocycles. The molecule has 2 fully saturated rings. The van der Waals surface area contributed by atoms with E-state index in [4.69, 9.17) is 0 Å². The summed E-state index contributed by atoms with van der Waals surface area (Å²) < 4.78 is 0. The van der Waals surface area contributed by atoms with E-state index in [-0.39, 0.29) is 0 Å². The number of carbonyl (C=O) groups is 2. The smallest absolute Gasteiger partial charge is 0.134 e. The maximum atomic E-state index is 11.1. The molecule has 0 amide bonds. The van der Waals surface area contributed by atoms with Crippen LogP contribution in [0.3, 0.4) is 0 Å². The van der Waals surface area contributed by atoms with Crippen LogP contribution in [0.1, 0.15) is 44.9 Å². The molecule has 4 heteroatoms. The Hall–Kier alpha value is 0.0400. The fourth-order valence-corrected chi connectivity index (χ4v) is 5.05. The highest BCUT2D eigenvalue weighted by Gasteiger charge is 2.23. The van der Waals surface area contributed by atoms with E-state index in [2.05, 4.69) is 0 Å². The van der Waals surface area contributed by atoms with Gasteiger partial charge in [0.2, 0.25) is 0 Å². The Labute approximate surface area is 112 Å². The zero-order valence-corrected chi connectivity index (χ0v) is 11.8. The van der Waals surface area contributed by atoms with E-state index in [0.29, 0.717) is 22.1 Å². The lowest BCUT2D eigenvalue weighted by Gasteiger charge is -2.09. The number of thioether (sulfide) groups is 2. The molecule has 2 aliphatic carbocycles. The standard InChI is InChI=1S/C13H20O2S2/c14-10-2-4-12(8-10)16-6-1-7-17-13-5-3-11(15)9-13/h12-13H,1-9H2. The number of rotatable bonds is 6. The van der Waals surface area contributed by atoms with Crippen molar-refractivity contribution in [1.82, 2.24) is 0 Å². The van der Waals surface area contributed by atoms with Crippen LogP contribution in [0.15, 0.2) is 0 Å². The Kier molecular flexibility index (Phi) is 5.42. The van der Waals surface area contributed by atoms with E-state index >= 15 is 0 Å². The lowest BCUT2D eigenvalue weighted by atomic mass is 10.4. The molecule has 2 rings (SSSR count). The number of Topliss-reactive ketones (excluding diaryl/α,β-unsaturated/α-hetero) is 2. The number of hydrogen-bond donors (Lipinski definition) is 0. The average Bonchev–Trinajstić information content (AvgIpc) is 2.88. The van der Waals surface area contributed by atoms with Gasteiger partial charge >= 0.3 is 0 Å². The predicted octanol–water partition coefficient (Wildman–Crippen LogP) is 3.09. The first-order valence-electron chi connectivity index (χ1n) is 6.50. The topological polar surface area (TPSA) is 34.1 Å². The molecule has 17 heavy (non-hydrogen) atoms. The molecule has 0 saturated heterocycles. The fraction of sp³-hybridized carbons (Fsp3) is 0.846.